The molecule has 0 saturated heterocycles. The van der Waals surface area contributed by atoms with Gasteiger partial charge in [-0.3, -0.25) is 9.88 Å². The number of amides is 1. The smallest absolute Gasteiger partial charge is 0.413 e. The van der Waals surface area contributed by atoms with Gasteiger partial charge in [0.15, 0.2) is 0 Å². The van der Waals surface area contributed by atoms with E-state index in [-0.39, 0.29) is 12.6 Å². The van der Waals surface area contributed by atoms with Crippen LogP contribution in [0.15, 0.2) is 42.6 Å². The summed E-state index contributed by atoms with van der Waals surface area (Å²) in [6.07, 6.45) is 6.80. The van der Waals surface area contributed by atoms with Crippen LogP contribution in [-0.4, -0.2) is 55.2 Å². The molecule has 7 heteroatoms. The average Bonchev–Trinajstić information content (AvgIpc) is 2.87. The molecule has 0 N–H and O–H groups in total. The fraction of sp³-hybridized carbons (Fsp3) is 0.519. The van der Waals surface area contributed by atoms with Gasteiger partial charge in [-0.25, -0.2) is 9.59 Å². The maximum Gasteiger partial charge on any atom is 0.413 e. The monoisotopic (exact) mass is 469 g/mol. The largest absolute Gasteiger partial charge is 0.457 e. The van der Waals surface area contributed by atoms with Crippen LogP contribution >= 0.6 is 0 Å². The number of anilines is 1. The van der Waals surface area contributed by atoms with Crippen LogP contribution in [-0.2, 0) is 22.5 Å². The number of aromatic nitrogens is 1. The number of benzene rings is 1. The topological polar surface area (TPSA) is 72.0 Å². The van der Waals surface area contributed by atoms with Gasteiger partial charge in [0, 0.05) is 24.6 Å². The van der Waals surface area contributed by atoms with Gasteiger partial charge in [0.25, 0.3) is 0 Å². The van der Waals surface area contributed by atoms with E-state index in [0.717, 1.165) is 43.7 Å². The van der Waals surface area contributed by atoms with Crippen molar-refractivity contribution in [3.05, 3.63) is 59.4 Å². The highest BCUT2D eigenvalue weighted by Crippen LogP contribution is 2.16. The van der Waals surface area contributed by atoms with Gasteiger partial charge in [-0.05, 0) is 75.6 Å². The Morgan fingerprint density at radius 1 is 0.912 bits per heavy atom. The summed E-state index contributed by atoms with van der Waals surface area (Å²) in [7, 11) is 1.65. The summed E-state index contributed by atoms with van der Waals surface area (Å²) >= 11 is 0. The molecule has 0 bridgehead atoms. The van der Waals surface area contributed by atoms with Crippen LogP contribution in [0.5, 0.6) is 0 Å². The van der Waals surface area contributed by atoms with Gasteiger partial charge in [0.1, 0.15) is 6.61 Å². The van der Waals surface area contributed by atoms with Gasteiger partial charge < -0.3 is 14.4 Å². The highest BCUT2D eigenvalue weighted by Gasteiger charge is 2.12. The van der Waals surface area contributed by atoms with E-state index in [4.69, 9.17) is 9.47 Å². The summed E-state index contributed by atoms with van der Waals surface area (Å²) in [6.45, 7) is 10.0. The summed E-state index contributed by atoms with van der Waals surface area (Å²) in [5.74, 6) is -0.365. The maximum absolute atomic E-state index is 12.5. The van der Waals surface area contributed by atoms with Crippen LogP contribution < -0.4 is 4.90 Å². The van der Waals surface area contributed by atoms with Crippen LogP contribution in [0.4, 0.5) is 10.5 Å². The molecular formula is C27H39N3O4. The third-order valence-electron chi connectivity index (χ3n) is 5.84. The van der Waals surface area contributed by atoms with E-state index in [1.807, 2.05) is 18.2 Å². The van der Waals surface area contributed by atoms with Gasteiger partial charge in [-0.1, -0.05) is 38.8 Å². The number of carbonyl (C=O) groups is 2. The second kappa shape index (κ2) is 15.1. The van der Waals surface area contributed by atoms with Gasteiger partial charge in [-0.2, -0.15) is 0 Å². The quantitative estimate of drug-likeness (QED) is 0.270. The fourth-order valence-corrected chi connectivity index (χ4v) is 3.65. The lowest BCUT2D eigenvalue weighted by atomic mass is 10.1. The number of aryl methyl sites for hydroxylation is 1. The van der Waals surface area contributed by atoms with E-state index in [1.165, 1.54) is 24.2 Å². The maximum atomic E-state index is 12.5. The minimum absolute atomic E-state index is 0.159. The normalized spacial score (nSPS) is 10.9. The fourth-order valence-electron chi connectivity index (χ4n) is 3.65. The van der Waals surface area contributed by atoms with Crippen molar-refractivity contribution in [1.82, 2.24) is 9.88 Å². The predicted octanol–water partition coefficient (Wildman–Crippen LogP) is 5.48. The molecule has 1 aromatic carbocycles. The molecular weight excluding hydrogens is 430 g/mol. The van der Waals surface area contributed by atoms with E-state index in [9.17, 15) is 9.59 Å². The van der Waals surface area contributed by atoms with Crippen molar-refractivity contribution in [3.63, 3.8) is 0 Å². The molecule has 1 heterocycles. The predicted molar refractivity (Wildman–Crippen MR) is 135 cm³/mol. The number of unbranched alkanes of at least 4 members (excludes halogenated alkanes) is 3. The van der Waals surface area contributed by atoms with Crippen LogP contribution in [0.25, 0.3) is 0 Å². The van der Waals surface area contributed by atoms with E-state index < -0.39 is 6.09 Å². The molecule has 186 valence electrons. The molecule has 1 amide bonds. The third kappa shape index (κ3) is 9.14. The summed E-state index contributed by atoms with van der Waals surface area (Å²) in [6, 6.07) is 10.8. The van der Waals surface area contributed by atoms with E-state index in [0.29, 0.717) is 17.9 Å². The second-order valence-electron chi connectivity index (χ2n) is 8.23. The molecule has 34 heavy (non-hydrogen) atoms. The molecule has 2 rings (SSSR count). The van der Waals surface area contributed by atoms with Gasteiger partial charge in [0.05, 0.1) is 12.2 Å². The van der Waals surface area contributed by atoms with Gasteiger partial charge in [-0.15, -0.1) is 0 Å². The number of hydrogen-bond donors (Lipinski definition) is 0. The first-order valence-corrected chi connectivity index (χ1v) is 12.3. The molecule has 1 aromatic heterocycles. The number of pyridine rings is 1. The number of esters is 1. The van der Waals surface area contributed by atoms with Crippen LogP contribution in [0.1, 0.15) is 68.1 Å². The number of ether oxygens (including phenoxy) is 2. The Balaban J connectivity index is 1.77. The van der Waals surface area contributed by atoms with Crippen molar-refractivity contribution >= 4 is 17.7 Å². The molecule has 0 saturated carbocycles. The number of hydrogen-bond acceptors (Lipinski definition) is 6. The Labute approximate surface area is 204 Å². The molecule has 2 aromatic rings. The molecule has 0 aliphatic rings. The highest BCUT2D eigenvalue weighted by atomic mass is 16.6. The molecule has 0 radical (unpaired) electrons. The van der Waals surface area contributed by atoms with Crippen molar-refractivity contribution < 1.29 is 19.1 Å². The van der Waals surface area contributed by atoms with Crippen molar-refractivity contribution in [2.24, 2.45) is 0 Å². The van der Waals surface area contributed by atoms with E-state index in [2.05, 4.69) is 23.7 Å². The Morgan fingerprint density at radius 2 is 1.62 bits per heavy atom. The average molecular weight is 470 g/mol. The van der Waals surface area contributed by atoms with Crippen LogP contribution in [0.3, 0.4) is 0 Å². The lowest BCUT2D eigenvalue weighted by molar-refractivity contribution is 0.0472. The number of rotatable bonds is 14. The molecule has 0 unspecified atom stereocenters. The first-order valence-electron chi connectivity index (χ1n) is 12.3. The summed E-state index contributed by atoms with van der Waals surface area (Å²) < 4.78 is 10.5. The minimum atomic E-state index is -0.408. The first kappa shape index (κ1) is 27.3. The van der Waals surface area contributed by atoms with Crippen LogP contribution in [0, 0.1) is 0 Å². The van der Waals surface area contributed by atoms with Crippen molar-refractivity contribution in [3.8, 4) is 0 Å². The molecule has 0 aliphatic carbocycles. The lowest BCUT2D eigenvalue weighted by Gasteiger charge is -2.17. The van der Waals surface area contributed by atoms with Crippen molar-refractivity contribution in [1.29, 1.82) is 0 Å². The molecule has 0 fully saturated rings. The summed E-state index contributed by atoms with van der Waals surface area (Å²) in [5, 5.41) is 0. The Hall–Kier alpha value is -2.93. The molecule has 0 atom stereocenters. The standard InChI is InChI=1S/C27H39N3O4/c1-5-30(6-2)19-11-9-8-10-12-24-20-23(17-18-28-24)26(31)34-21-22-13-15-25(16-14-22)29(4)27(32)33-7-3/h13-18,20H,5-12,19,21H2,1-4H3. The van der Waals surface area contributed by atoms with Gasteiger partial charge >= 0.3 is 12.1 Å². The SMILES string of the molecule is CCOC(=O)N(C)c1ccc(COC(=O)c2ccnc(CCCCCCN(CC)CC)c2)cc1. The van der Waals surface area contributed by atoms with Gasteiger partial charge in [0.2, 0.25) is 0 Å². The molecule has 0 spiro atoms. The second-order valence-corrected chi connectivity index (χ2v) is 8.23. The number of carbonyl (C=O) groups excluding carboxylic acids is 2. The first-order chi connectivity index (χ1) is 16.5. The minimum Gasteiger partial charge on any atom is -0.457 e. The Kier molecular flexibility index (Phi) is 12.1. The van der Waals surface area contributed by atoms with E-state index in [1.54, 1.807) is 38.4 Å². The van der Waals surface area contributed by atoms with E-state index >= 15 is 0 Å². The lowest BCUT2D eigenvalue weighted by Crippen LogP contribution is -2.26. The number of nitrogens with zero attached hydrogens (tertiary/aromatic N) is 3. The zero-order valence-corrected chi connectivity index (χ0v) is 21.1. The third-order valence-corrected chi connectivity index (χ3v) is 5.84. The van der Waals surface area contributed by atoms with Crippen molar-refractivity contribution in [2.75, 3.05) is 38.2 Å². The summed E-state index contributed by atoms with van der Waals surface area (Å²) in [5.41, 5.74) is 2.99. The zero-order chi connectivity index (χ0) is 24.8. The molecule has 7 nitrogen and oxygen atoms in total. The Bertz CT molecular complexity index is 882. The zero-order valence-electron chi connectivity index (χ0n) is 21.1. The highest BCUT2D eigenvalue weighted by molar-refractivity contribution is 5.89. The van der Waals surface area contributed by atoms with Crippen LogP contribution in [0.2, 0.25) is 0 Å². The molecule has 0 aliphatic heterocycles. The Morgan fingerprint density at radius 3 is 2.29 bits per heavy atom. The summed E-state index contributed by atoms with van der Waals surface area (Å²) in [4.78, 5) is 32.6. The van der Waals surface area contributed by atoms with Crippen molar-refractivity contribution in [2.45, 2.75) is 59.5 Å².